The molecule has 1 aromatic rings. The van der Waals surface area contributed by atoms with Gasteiger partial charge in [0.25, 0.3) is 0 Å². The second kappa shape index (κ2) is 4.68. The van der Waals surface area contributed by atoms with Gasteiger partial charge >= 0.3 is 0 Å². The first-order valence-electron chi connectivity index (χ1n) is 5.72. The number of pyridine rings is 1. The summed E-state index contributed by atoms with van der Waals surface area (Å²) >= 11 is 4.25. The lowest BCUT2D eigenvalue weighted by Gasteiger charge is -2.55. The molecule has 6 heteroatoms. The largest absolute Gasteiger partial charge is 0.493 e. The van der Waals surface area contributed by atoms with E-state index in [9.17, 15) is 0 Å². The highest BCUT2D eigenvalue weighted by atomic mass is 33.1. The van der Waals surface area contributed by atoms with Crippen LogP contribution in [-0.2, 0) is 6.54 Å². The van der Waals surface area contributed by atoms with E-state index in [4.69, 9.17) is 5.11 Å². The Hall–Kier alpha value is -0.430. The summed E-state index contributed by atoms with van der Waals surface area (Å²) in [5, 5.41) is 9.15. The highest BCUT2D eigenvalue weighted by molar-refractivity contribution is 8.67. The fourth-order valence-electron chi connectivity index (χ4n) is 2.69. The topological polar surface area (TPSA) is 39.6 Å². The van der Waals surface area contributed by atoms with Crippen molar-refractivity contribution in [2.24, 2.45) is 0 Å². The Kier molecular flexibility index (Phi) is 3.21. The van der Waals surface area contributed by atoms with Gasteiger partial charge in [-0.25, -0.2) is 9.29 Å². The van der Waals surface area contributed by atoms with Gasteiger partial charge in [-0.15, -0.1) is 0 Å². The van der Waals surface area contributed by atoms with E-state index >= 15 is 0 Å². The third-order valence-electron chi connectivity index (χ3n) is 3.60. The second-order valence-corrected chi connectivity index (χ2v) is 5.84. The molecule has 92 valence electrons. The minimum atomic E-state index is 0.0928. The number of hydrogen-bond donors (Lipinski definition) is 2. The van der Waals surface area contributed by atoms with Gasteiger partial charge in [0.15, 0.2) is 0 Å². The molecular weight excluding hydrogens is 254 g/mol. The molecule has 0 radical (unpaired) electrons. The number of nitrogens with zero attached hydrogens (tertiary/aromatic N) is 3. The molecule has 0 spiro atoms. The van der Waals surface area contributed by atoms with Gasteiger partial charge in [-0.2, -0.15) is 0 Å². The molecule has 0 amide bonds. The third kappa shape index (κ3) is 2.27. The van der Waals surface area contributed by atoms with Crippen LogP contribution >= 0.6 is 22.6 Å². The van der Waals surface area contributed by atoms with Crippen molar-refractivity contribution >= 4 is 22.6 Å². The number of thiol groups is 1. The van der Waals surface area contributed by atoms with E-state index in [2.05, 4.69) is 25.8 Å². The van der Waals surface area contributed by atoms with Gasteiger partial charge in [0, 0.05) is 44.0 Å². The zero-order valence-corrected chi connectivity index (χ0v) is 11.1. The molecule has 3 rings (SSSR count). The van der Waals surface area contributed by atoms with Gasteiger partial charge in [-0.05, 0) is 23.0 Å². The summed E-state index contributed by atoms with van der Waals surface area (Å²) in [6.45, 7) is 3.13. The molecule has 2 bridgehead atoms. The maximum absolute atomic E-state index is 9.15. The van der Waals surface area contributed by atoms with E-state index in [1.54, 1.807) is 23.2 Å². The fraction of sp³-hybridized carbons (Fsp3) is 0.545. The Balaban J connectivity index is 1.63. The summed E-state index contributed by atoms with van der Waals surface area (Å²) in [6.07, 6.45) is 3.06. The molecule has 3 heterocycles. The highest BCUT2D eigenvalue weighted by Crippen LogP contribution is 2.36. The molecule has 0 saturated carbocycles. The van der Waals surface area contributed by atoms with E-state index in [0.717, 1.165) is 19.6 Å². The van der Waals surface area contributed by atoms with Crippen LogP contribution in [0.3, 0.4) is 0 Å². The molecule has 0 aromatic carbocycles. The molecule has 17 heavy (non-hydrogen) atoms. The molecule has 2 unspecified atom stereocenters. The average molecular weight is 269 g/mol. The molecule has 2 atom stereocenters. The van der Waals surface area contributed by atoms with Gasteiger partial charge < -0.3 is 5.11 Å². The monoisotopic (exact) mass is 269 g/mol. The molecule has 4 nitrogen and oxygen atoms in total. The van der Waals surface area contributed by atoms with Crippen LogP contribution in [0.5, 0.6) is 5.88 Å². The first kappa shape index (κ1) is 11.6. The summed E-state index contributed by atoms with van der Waals surface area (Å²) in [6, 6.07) is 4.91. The van der Waals surface area contributed by atoms with Crippen LogP contribution in [0.2, 0.25) is 0 Å². The zero-order chi connectivity index (χ0) is 11.8. The number of fused-ring (bicyclic) bond motifs is 2. The summed E-state index contributed by atoms with van der Waals surface area (Å²) in [5.74, 6) is 0.0928. The van der Waals surface area contributed by atoms with E-state index in [-0.39, 0.29) is 5.88 Å². The predicted molar refractivity (Wildman–Crippen MR) is 71.8 cm³/mol. The summed E-state index contributed by atoms with van der Waals surface area (Å²) in [5.41, 5.74) is 1.17. The third-order valence-corrected chi connectivity index (χ3v) is 4.82. The number of piperazine rings is 1. The number of aromatic hydroxyl groups is 1. The normalized spacial score (nSPS) is 29.0. The maximum atomic E-state index is 9.15. The van der Waals surface area contributed by atoms with Crippen LogP contribution in [0.15, 0.2) is 18.3 Å². The van der Waals surface area contributed by atoms with Crippen molar-refractivity contribution < 1.29 is 5.11 Å². The summed E-state index contributed by atoms with van der Waals surface area (Å²) in [7, 11) is 1.55. The van der Waals surface area contributed by atoms with E-state index < -0.39 is 0 Å². The molecular formula is C11H15N3OS2. The maximum Gasteiger partial charge on any atom is 0.210 e. The summed E-state index contributed by atoms with van der Waals surface area (Å²) < 4.78 is 2.31. The van der Waals surface area contributed by atoms with E-state index in [1.165, 1.54) is 12.0 Å². The minimum absolute atomic E-state index is 0.0928. The molecule has 0 aliphatic carbocycles. The van der Waals surface area contributed by atoms with Gasteiger partial charge in [0.1, 0.15) is 0 Å². The number of rotatable bonds is 3. The van der Waals surface area contributed by atoms with Crippen LogP contribution < -0.4 is 0 Å². The SMILES string of the molecule is Oc1ccc(CN2C3CC2CN(SS)C3)cn1. The van der Waals surface area contributed by atoms with Crippen molar-refractivity contribution in [2.45, 2.75) is 25.0 Å². The smallest absolute Gasteiger partial charge is 0.210 e. The number of piperidine rings is 1. The lowest BCUT2D eigenvalue weighted by molar-refractivity contribution is -0.0466. The van der Waals surface area contributed by atoms with Crippen LogP contribution in [0.1, 0.15) is 12.0 Å². The van der Waals surface area contributed by atoms with Crippen LogP contribution in [0.4, 0.5) is 0 Å². The van der Waals surface area contributed by atoms with E-state index in [0.29, 0.717) is 12.1 Å². The summed E-state index contributed by atoms with van der Waals surface area (Å²) in [4.78, 5) is 6.44. The van der Waals surface area contributed by atoms with Crippen molar-refractivity contribution in [3.63, 3.8) is 0 Å². The van der Waals surface area contributed by atoms with Crippen molar-refractivity contribution in [1.29, 1.82) is 0 Å². The number of hydrogen-bond acceptors (Lipinski definition) is 6. The van der Waals surface area contributed by atoms with Gasteiger partial charge in [0.05, 0.1) is 0 Å². The highest BCUT2D eigenvalue weighted by Gasteiger charge is 2.44. The van der Waals surface area contributed by atoms with Crippen LogP contribution in [0.25, 0.3) is 0 Å². The molecule has 2 aliphatic heterocycles. The predicted octanol–water partition coefficient (Wildman–Crippen LogP) is 1.54. The fourth-order valence-corrected chi connectivity index (χ4v) is 3.57. The molecule has 2 aliphatic rings. The number of likely N-dealkylation sites (tertiary alicyclic amines) is 1. The Morgan fingerprint density at radius 3 is 2.76 bits per heavy atom. The molecule has 2 fully saturated rings. The minimum Gasteiger partial charge on any atom is -0.493 e. The zero-order valence-electron chi connectivity index (χ0n) is 9.36. The Morgan fingerprint density at radius 2 is 2.18 bits per heavy atom. The van der Waals surface area contributed by atoms with Crippen molar-refractivity contribution in [2.75, 3.05) is 13.1 Å². The lowest BCUT2D eigenvalue weighted by atomic mass is 9.88. The molecule has 1 N–H and O–H groups in total. The average Bonchev–Trinajstić information content (AvgIpc) is 2.38. The quantitative estimate of drug-likeness (QED) is 0.495. The van der Waals surface area contributed by atoms with Crippen LogP contribution in [-0.4, -0.2) is 44.5 Å². The van der Waals surface area contributed by atoms with Crippen molar-refractivity contribution in [3.05, 3.63) is 23.9 Å². The Labute approximate surface area is 110 Å². The Morgan fingerprint density at radius 1 is 1.41 bits per heavy atom. The standard InChI is InChI=1S/C11H15N3OS2/c15-11-2-1-8(4-12-11)5-14-9-3-10(14)7-13(6-9)17-16/h1-2,4,9-10,16H,3,5-7H2,(H,12,15). The second-order valence-electron chi connectivity index (χ2n) is 4.67. The molecule has 1 aromatic heterocycles. The van der Waals surface area contributed by atoms with Gasteiger partial charge in [-0.1, -0.05) is 17.7 Å². The first-order valence-corrected chi connectivity index (χ1v) is 7.55. The van der Waals surface area contributed by atoms with Crippen LogP contribution in [0, 0.1) is 0 Å². The molecule has 2 saturated heterocycles. The van der Waals surface area contributed by atoms with Gasteiger partial charge in [-0.3, -0.25) is 4.90 Å². The Bertz CT molecular complexity index is 388. The number of aromatic nitrogens is 1. The first-order chi connectivity index (χ1) is 8.26. The lowest BCUT2D eigenvalue weighted by Crippen LogP contribution is -2.66. The van der Waals surface area contributed by atoms with Gasteiger partial charge in [0.2, 0.25) is 5.88 Å². The van der Waals surface area contributed by atoms with Crippen molar-refractivity contribution in [3.8, 4) is 5.88 Å². The van der Waals surface area contributed by atoms with E-state index in [1.807, 2.05) is 6.07 Å². The van der Waals surface area contributed by atoms with Crippen molar-refractivity contribution in [1.82, 2.24) is 14.2 Å².